The van der Waals surface area contributed by atoms with Gasteiger partial charge in [0.15, 0.2) is 0 Å². The maximum Gasteiger partial charge on any atom is 0.265 e. The Morgan fingerprint density at radius 3 is 2.69 bits per heavy atom. The van der Waals surface area contributed by atoms with Gasteiger partial charge in [-0.3, -0.25) is 9.69 Å². The van der Waals surface area contributed by atoms with Crippen LogP contribution in [0.1, 0.15) is 5.56 Å². The Labute approximate surface area is 112 Å². The van der Waals surface area contributed by atoms with E-state index in [1.54, 1.807) is 7.05 Å². The molecule has 0 aliphatic carbocycles. The summed E-state index contributed by atoms with van der Waals surface area (Å²) in [6, 6.07) is 7.76. The molecule has 1 aliphatic heterocycles. The molecule has 0 spiro atoms. The summed E-state index contributed by atoms with van der Waals surface area (Å²) in [6.45, 7) is 0. The van der Waals surface area contributed by atoms with Gasteiger partial charge in [-0.2, -0.15) is 0 Å². The quantitative estimate of drug-likeness (QED) is 0.586. The number of thiocarbonyl (C=S) groups is 1. The van der Waals surface area contributed by atoms with Gasteiger partial charge in [-0.25, -0.2) is 0 Å². The van der Waals surface area contributed by atoms with Crippen LogP contribution in [0.15, 0.2) is 33.6 Å². The largest absolute Gasteiger partial charge is 0.296 e. The van der Waals surface area contributed by atoms with Crippen molar-refractivity contribution in [2.24, 2.45) is 0 Å². The van der Waals surface area contributed by atoms with E-state index in [9.17, 15) is 4.79 Å². The second kappa shape index (κ2) is 4.69. The molecule has 1 heterocycles. The first-order valence-electron chi connectivity index (χ1n) is 4.55. The van der Waals surface area contributed by atoms with Crippen LogP contribution in [0.5, 0.6) is 0 Å². The number of benzene rings is 1. The molecule has 0 aromatic heterocycles. The van der Waals surface area contributed by atoms with Crippen LogP contribution in [0.25, 0.3) is 6.08 Å². The van der Waals surface area contributed by atoms with Gasteiger partial charge in [-0.15, -0.1) is 0 Å². The maximum absolute atomic E-state index is 11.8. The molecular weight excluding hydrogens is 306 g/mol. The molecule has 0 unspecified atom stereocenters. The smallest absolute Gasteiger partial charge is 0.265 e. The molecule has 0 atom stereocenters. The molecule has 16 heavy (non-hydrogen) atoms. The minimum absolute atomic E-state index is 0.0363. The number of likely N-dealkylation sites (N-methyl/N-ethyl adjacent to an activating group) is 1. The average molecular weight is 314 g/mol. The second-order valence-corrected chi connectivity index (χ2v) is 5.79. The van der Waals surface area contributed by atoms with Gasteiger partial charge in [-0.1, -0.05) is 58.1 Å². The van der Waals surface area contributed by atoms with Crippen molar-refractivity contribution in [3.8, 4) is 0 Å². The predicted octanol–water partition coefficient (Wildman–Crippen LogP) is 3.28. The molecule has 82 valence electrons. The lowest BCUT2D eigenvalue weighted by Gasteiger charge is -2.03. The van der Waals surface area contributed by atoms with Crippen molar-refractivity contribution in [3.63, 3.8) is 0 Å². The van der Waals surface area contributed by atoms with Crippen LogP contribution in [0.2, 0.25) is 0 Å². The van der Waals surface area contributed by atoms with E-state index in [4.69, 9.17) is 12.2 Å². The Morgan fingerprint density at radius 2 is 2.12 bits per heavy atom. The lowest BCUT2D eigenvalue weighted by atomic mass is 10.2. The maximum atomic E-state index is 11.8. The van der Waals surface area contributed by atoms with E-state index in [0.717, 1.165) is 10.0 Å². The topological polar surface area (TPSA) is 20.3 Å². The minimum atomic E-state index is -0.0363. The lowest BCUT2D eigenvalue weighted by molar-refractivity contribution is -0.121. The van der Waals surface area contributed by atoms with Gasteiger partial charge in [0.2, 0.25) is 0 Å². The van der Waals surface area contributed by atoms with Crippen molar-refractivity contribution in [2.75, 3.05) is 7.05 Å². The van der Waals surface area contributed by atoms with E-state index < -0.39 is 0 Å². The Kier molecular flexibility index (Phi) is 3.47. The van der Waals surface area contributed by atoms with Crippen LogP contribution in [0.4, 0.5) is 0 Å². The summed E-state index contributed by atoms with van der Waals surface area (Å²) >= 11 is 9.84. The zero-order valence-electron chi connectivity index (χ0n) is 8.44. The first kappa shape index (κ1) is 11.8. The lowest BCUT2D eigenvalue weighted by Crippen LogP contribution is -2.22. The van der Waals surface area contributed by atoms with Crippen LogP contribution in [-0.2, 0) is 4.79 Å². The first-order valence-corrected chi connectivity index (χ1v) is 6.57. The summed E-state index contributed by atoms with van der Waals surface area (Å²) in [7, 11) is 1.69. The van der Waals surface area contributed by atoms with Crippen LogP contribution >= 0.6 is 39.9 Å². The summed E-state index contributed by atoms with van der Waals surface area (Å²) in [4.78, 5) is 13.9. The summed E-state index contributed by atoms with van der Waals surface area (Å²) in [6.07, 6.45) is 1.85. The van der Waals surface area contributed by atoms with E-state index in [2.05, 4.69) is 15.9 Å². The van der Waals surface area contributed by atoms with Crippen LogP contribution in [-0.4, -0.2) is 22.2 Å². The van der Waals surface area contributed by atoms with Crippen LogP contribution < -0.4 is 0 Å². The highest BCUT2D eigenvalue weighted by Gasteiger charge is 2.28. The summed E-state index contributed by atoms with van der Waals surface area (Å²) in [5, 5.41) is 0. The molecule has 1 aromatic carbocycles. The molecule has 1 saturated heterocycles. The molecule has 2 rings (SSSR count). The van der Waals surface area contributed by atoms with Gasteiger partial charge < -0.3 is 0 Å². The number of halogens is 1. The number of rotatable bonds is 1. The second-order valence-electron chi connectivity index (χ2n) is 3.26. The Hall–Kier alpha value is -0.650. The normalized spacial score (nSPS) is 18.6. The number of thioether (sulfide) groups is 1. The van der Waals surface area contributed by atoms with Crippen LogP contribution in [0, 0.1) is 0 Å². The van der Waals surface area contributed by atoms with E-state index >= 15 is 0 Å². The molecule has 1 aliphatic rings. The van der Waals surface area contributed by atoms with Gasteiger partial charge in [0.05, 0.1) is 4.91 Å². The molecule has 1 amide bonds. The summed E-state index contributed by atoms with van der Waals surface area (Å²) in [5.41, 5.74) is 0.983. The number of hydrogen-bond donors (Lipinski definition) is 0. The number of nitrogens with zero attached hydrogens (tertiary/aromatic N) is 1. The molecular formula is C11H8BrNOS2. The highest BCUT2D eigenvalue weighted by Crippen LogP contribution is 2.32. The highest BCUT2D eigenvalue weighted by molar-refractivity contribution is 9.10. The SMILES string of the molecule is CN1C(=O)C(=Cc2ccccc2Br)SC1=S. The number of carbonyl (C=O) groups excluding carboxylic acids is 1. The standard InChI is InChI=1S/C11H8BrNOS2/c1-13-10(14)9(16-11(13)15)6-7-4-2-3-5-8(7)12/h2-6H,1H3. The van der Waals surface area contributed by atoms with Crippen molar-refractivity contribution in [1.82, 2.24) is 4.90 Å². The van der Waals surface area contributed by atoms with E-state index in [-0.39, 0.29) is 5.91 Å². The Balaban J connectivity index is 2.37. The highest BCUT2D eigenvalue weighted by atomic mass is 79.9. The van der Waals surface area contributed by atoms with Gasteiger partial charge in [-0.05, 0) is 17.7 Å². The molecule has 0 radical (unpaired) electrons. The number of carbonyl (C=O) groups is 1. The average Bonchev–Trinajstić information content (AvgIpc) is 2.50. The summed E-state index contributed by atoms with van der Waals surface area (Å²) in [5.74, 6) is -0.0363. The minimum Gasteiger partial charge on any atom is -0.296 e. The fourth-order valence-corrected chi connectivity index (χ4v) is 2.85. The third-order valence-corrected chi connectivity index (χ3v) is 4.39. The van der Waals surface area contributed by atoms with Crippen molar-refractivity contribution >= 4 is 56.2 Å². The van der Waals surface area contributed by atoms with Gasteiger partial charge in [0.1, 0.15) is 4.32 Å². The number of hydrogen-bond acceptors (Lipinski definition) is 3. The third kappa shape index (κ3) is 2.21. The van der Waals surface area contributed by atoms with Gasteiger partial charge >= 0.3 is 0 Å². The van der Waals surface area contributed by atoms with Gasteiger partial charge in [0.25, 0.3) is 5.91 Å². The summed E-state index contributed by atoms with van der Waals surface area (Å²) < 4.78 is 1.57. The van der Waals surface area contributed by atoms with Crippen molar-refractivity contribution in [2.45, 2.75) is 0 Å². The first-order chi connectivity index (χ1) is 7.59. The molecule has 0 bridgehead atoms. The zero-order chi connectivity index (χ0) is 11.7. The molecule has 1 aromatic rings. The Morgan fingerprint density at radius 1 is 1.44 bits per heavy atom. The molecule has 0 N–H and O–H groups in total. The zero-order valence-corrected chi connectivity index (χ0v) is 11.7. The molecule has 0 saturated carbocycles. The molecule has 5 heteroatoms. The van der Waals surface area contributed by atoms with E-state index in [1.807, 2.05) is 30.3 Å². The molecule has 2 nitrogen and oxygen atoms in total. The Bertz CT molecular complexity index is 499. The fraction of sp³-hybridized carbons (Fsp3) is 0.0909. The predicted molar refractivity (Wildman–Crippen MR) is 75.1 cm³/mol. The van der Waals surface area contributed by atoms with Crippen molar-refractivity contribution < 1.29 is 4.79 Å². The van der Waals surface area contributed by atoms with Crippen molar-refractivity contribution in [1.29, 1.82) is 0 Å². The van der Waals surface area contributed by atoms with Crippen LogP contribution in [0.3, 0.4) is 0 Å². The van der Waals surface area contributed by atoms with Gasteiger partial charge in [0, 0.05) is 11.5 Å². The van der Waals surface area contributed by atoms with E-state index in [0.29, 0.717) is 9.23 Å². The monoisotopic (exact) mass is 313 g/mol. The number of amides is 1. The third-order valence-electron chi connectivity index (χ3n) is 2.18. The molecule has 1 fully saturated rings. The van der Waals surface area contributed by atoms with Crippen molar-refractivity contribution in [3.05, 3.63) is 39.2 Å². The van der Waals surface area contributed by atoms with E-state index in [1.165, 1.54) is 16.7 Å². The fourth-order valence-electron chi connectivity index (χ4n) is 1.28.